The van der Waals surface area contributed by atoms with Crippen LogP contribution in [0.3, 0.4) is 0 Å². The van der Waals surface area contributed by atoms with Gasteiger partial charge in [0.15, 0.2) is 0 Å². The Morgan fingerprint density at radius 2 is 2.11 bits per heavy atom. The van der Waals surface area contributed by atoms with Crippen LogP contribution in [0.4, 0.5) is 0 Å². The van der Waals surface area contributed by atoms with Gasteiger partial charge in [-0.05, 0) is 38.1 Å². The fourth-order valence-corrected chi connectivity index (χ4v) is 2.23. The molecule has 1 rings (SSSR count). The molecule has 0 bridgehead atoms. The molecule has 0 aromatic heterocycles. The van der Waals surface area contributed by atoms with Crippen LogP contribution >= 0.6 is 0 Å². The number of nitrogens with one attached hydrogen (secondary N) is 1. The number of amides is 1. The van der Waals surface area contributed by atoms with Crippen LogP contribution < -0.4 is 11.1 Å². The van der Waals surface area contributed by atoms with E-state index in [1.807, 2.05) is 0 Å². The van der Waals surface area contributed by atoms with Gasteiger partial charge in [0.2, 0.25) is 5.91 Å². The molecule has 104 valence electrons. The molecular weight excluding hydrogens is 232 g/mol. The highest BCUT2D eigenvalue weighted by molar-refractivity contribution is 5.77. The van der Waals surface area contributed by atoms with Crippen molar-refractivity contribution in [1.29, 1.82) is 0 Å². The molecule has 1 fully saturated rings. The van der Waals surface area contributed by atoms with E-state index in [1.54, 1.807) is 6.92 Å². The average molecular weight is 256 g/mol. The maximum Gasteiger partial charge on any atom is 0.305 e. The third kappa shape index (κ3) is 4.64. The molecule has 0 saturated heterocycles. The third-order valence-electron chi connectivity index (χ3n) is 3.57. The van der Waals surface area contributed by atoms with Crippen LogP contribution in [0.2, 0.25) is 0 Å². The topological polar surface area (TPSA) is 81.4 Å². The summed E-state index contributed by atoms with van der Waals surface area (Å²) < 4.78 is 4.81. The van der Waals surface area contributed by atoms with Crippen molar-refractivity contribution in [2.45, 2.75) is 45.4 Å². The van der Waals surface area contributed by atoms with Gasteiger partial charge in [-0.25, -0.2) is 0 Å². The van der Waals surface area contributed by atoms with Crippen LogP contribution in [0.1, 0.15) is 45.4 Å². The Hall–Kier alpha value is -1.10. The van der Waals surface area contributed by atoms with Gasteiger partial charge in [-0.1, -0.05) is 6.42 Å². The predicted molar refractivity (Wildman–Crippen MR) is 68.8 cm³/mol. The number of hydrogen-bond donors (Lipinski definition) is 2. The molecular formula is C13H24N2O3. The number of rotatable bonds is 8. The summed E-state index contributed by atoms with van der Waals surface area (Å²) in [5.74, 6) is -0.159. The summed E-state index contributed by atoms with van der Waals surface area (Å²) in [5, 5.41) is 2.84. The van der Waals surface area contributed by atoms with E-state index in [4.69, 9.17) is 10.5 Å². The number of carbonyl (C=O) groups is 2. The fourth-order valence-electron chi connectivity index (χ4n) is 2.23. The van der Waals surface area contributed by atoms with Gasteiger partial charge < -0.3 is 15.8 Å². The standard InChI is InChI=1S/C13H24N2O3/c1-2-18-12(17)5-3-8-15-11(16)9-13(10-14)6-4-7-13/h2-10,14H2,1H3,(H,15,16). The fraction of sp³-hybridized carbons (Fsp3) is 0.846. The van der Waals surface area contributed by atoms with Gasteiger partial charge in [-0.2, -0.15) is 0 Å². The number of nitrogens with two attached hydrogens (primary N) is 1. The number of hydrogen-bond acceptors (Lipinski definition) is 4. The summed E-state index contributed by atoms with van der Waals surface area (Å²) in [7, 11) is 0. The molecule has 5 heteroatoms. The number of carbonyl (C=O) groups excluding carboxylic acids is 2. The van der Waals surface area contributed by atoms with Gasteiger partial charge >= 0.3 is 5.97 Å². The molecule has 0 aromatic carbocycles. The van der Waals surface area contributed by atoms with Crippen LogP contribution in [0, 0.1) is 5.41 Å². The van der Waals surface area contributed by atoms with E-state index in [2.05, 4.69) is 5.32 Å². The first kappa shape index (κ1) is 15.0. The molecule has 1 aliphatic carbocycles. The maximum absolute atomic E-state index is 11.7. The van der Waals surface area contributed by atoms with E-state index < -0.39 is 0 Å². The quantitative estimate of drug-likeness (QED) is 0.501. The lowest BCUT2D eigenvalue weighted by Gasteiger charge is -2.40. The molecule has 5 nitrogen and oxygen atoms in total. The van der Waals surface area contributed by atoms with Crippen molar-refractivity contribution in [2.24, 2.45) is 11.1 Å². The Labute approximate surface area is 108 Å². The normalized spacial score (nSPS) is 16.8. The van der Waals surface area contributed by atoms with Gasteiger partial charge in [0.25, 0.3) is 0 Å². The van der Waals surface area contributed by atoms with E-state index in [1.165, 1.54) is 6.42 Å². The Kier molecular flexibility index (Phi) is 6.12. The largest absolute Gasteiger partial charge is 0.466 e. The second-order valence-electron chi connectivity index (χ2n) is 4.99. The van der Waals surface area contributed by atoms with Gasteiger partial charge in [-0.15, -0.1) is 0 Å². The van der Waals surface area contributed by atoms with Gasteiger partial charge in [0, 0.05) is 19.4 Å². The van der Waals surface area contributed by atoms with Crippen molar-refractivity contribution in [2.75, 3.05) is 19.7 Å². The van der Waals surface area contributed by atoms with Gasteiger partial charge in [0.05, 0.1) is 6.61 Å². The Morgan fingerprint density at radius 3 is 2.61 bits per heavy atom. The maximum atomic E-state index is 11.7. The van der Waals surface area contributed by atoms with Crippen molar-refractivity contribution >= 4 is 11.9 Å². The van der Waals surface area contributed by atoms with Crippen molar-refractivity contribution in [1.82, 2.24) is 5.32 Å². The second kappa shape index (κ2) is 7.36. The minimum atomic E-state index is -0.204. The smallest absolute Gasteiger partial charge is 0.305 e. The first-order valence-corrected chi connectivity index (χ1v) is 6.74. The molecule has 1 aliphatic rings. The lowest BCUT2D eigenvalue weighted by Crippen LogP contribution is -2.42. The summed E-state index contributed by atoms with van der Waals surface area (Å²) >= 11 is 0. The molecule has 18 heavy (non-hydrogen) atoms. The van der Waals surface area contributed by atoms with E-state index in [0.29, 0.717) is 39.0 Å². The molecule has 0 unspecified atom stereocenters. The molecule has 1 amide bonds. The van der Waals surface area contributed by atoms with E-state index >= 15 is 0 Å². The Bertz CT molecular complexity index is 282. The lowest BCUT2D eigenvalue weighted by atomic mass is 9.66. The van der Waals surface area contributed by atoms with Crippen LogP contribution in [0.5, 0.6) is 0 Å². The Morgan fingerprint density at radius 1 is 1.39 bits per heavy atom. The first-order valence-electron chi connectivity index (χ1n) is 6.74. The van der Waals surface area contributed by atoms with Crippen molar-refractivity contribution in [3.8, 4) is 0 Å². The first-order chi connectivity index (χ1) is 8.62. The predicted octanol–water partition coefficient (Wildman–Crippen LogP) is 0.965. The number of esters is 1. The second-order valence-corrected chi connectivity index (χ2v) is 4.99. The third-order valence-corrected chi connectivity index (χ3v) is 3.57. The summed E-state index contributed by atoms with van der Waals surface area (Å²) in [6.07, 6.45) is 4.78. The lowest BCUT2D eigenvalue weighted by molar-refractivity contribution is -0.143. The summed E-state index contributed by atoms with van der Waals surface area (Å²) in [6.45, 7) is 3.30. The van der Waals surface area contributed by atoms with E-state index in [0.717, 1.165) is 12.8 Å². The molecule has 0 heterocycles. The highest BCUT2D eigenvalue weighted by atomic mass is 16.5. The molecule has 1 saturated carbocycles. The van der Waals surface area contributed by atoms with Crippen LogP contribution in [-0.2, 0) is 14.3 Å². The highest BCUT2D eigenvalue weighted by Crippen LogP contribution is 2.42. The minimum absolute atomic E-state index is 0.0454. The minimum Gasteiger partial charge on any atom is -0.466 e. The molecule has 3 N–H and O–H groups in total. The summed E-state index contributed by atoms with van der Waals surface area (Å²) in [6, 6.07) is 0. The zero-order chi connectivity index (χ0) is 13.4. The van der Waals surface area contributed by atoms with Gasteiger partial charge in [-0.3, -0.25) is 9.59 Å². The van der Waals surface area contributed by atoms with E-state index in [-0.39, 0.29) is 17.3 Å². The Balaban J connectivity index is 2.08. The molecule has 0 spiro atoms. The monoisotopic (exact) mass is 256 g/mol. The van der Waals surface area contributed by atoms with Crippen molar-refractivity contribution < 1.29 is 14.3 Å². The molecule has 0 atom stereocenters. The van der Waals surface area contributed by atoms with Gasteiger partial charge in [0.1, 0.15) is 0 Å². The highest BCUT2D eigenvalue weighted by Gasteiger charge is 2.37. The van der Waals surface area contributed by atoms with Crippen LogP contribution in [0.25, 0.3) is 0 Å². The molecule has 0 radical (unpaired) electrons. The van der Waals surface area contributed by atoms with Crippen molar-refractivity contribution in [3.05, 3.63) is 0 Å². The molecule has 0 aliphatic heterocycles. The zero-order valence-corrected chi connectivity index (χ0v) is 11.2. The summed E-state index contributed by atoms with van der Waals surface area (Å²) in [5.41, 5.74) is 5.75. The average Bonchev–Trinajstić information content (AvgIpc) is 2.30. The molecule has 0 aromatic rings. The zero-order valence-electron chi connectivity index (χ0n) is 11.2. The number of ether oxygens (including phenoxy) is 1. The SMILES string of the molecule is CCOC(=O)CCCNC(=O)CC1(CN)CCC1. The van der Waals surface area contributed by atoms with E-state index in [9.17, 15) is 9.59 Å². The summed E-state index contributed by atoms with van der Waals surface area (Å²) in [4.78, 5) is 22.8. The van der Waals surface area contributed by atoms with Crippen LogP contribution in [0.15, 0.2) is 0 Å². The van der Waals surface area contributed by atoms with Crippen molar-refractivity contribution in [3.63, 3.8) is 0 Å². The van der Waals surface area contributed by atoms with Crippen LogP contribution in [-0.4, -0.2) is 31.6 Å².